The number of nitrogens with two attached hydrogens (primary N) is 1. The van der Waals surface area contributed by atoms with Crippen LogP contribution in [0.15, 0.2) is 6.20 Å². The molecule has 1 heterocycles. The first-order valence-electron chi connectivity index (χ1n) is 5.57. The highest BCUT2D eigenvalue weighted by molar-refractivity contribution is 5.25. The Balaban J connectivity index is 2.99. The summed E-state index contributed by atoms with van der Waals surface area (Å²) in [7, 11) is 2.01. The van der Waals surface area contributed by atoms with Crippen LogP contribution in [0.4, 0.5) is 0 Å². The molecule has 0 amide bonds. The molecule has 86 valence electrons. The van der Waals surface area contributed by atoms with E-state index >= 15 is 0 Å². The first-order chi connectivity index (χ1) is 6.86. The van der Waals surface area contributed by atoms with Gasteiger partial charge in [0.25, 0.3) is 0 Å². The van der Waals surface area contributed by atoms with Gasteiger partial charge in [-0.15, -0.1) is 0 Å². The van der Waals surface area contributed by atoms with Crippen LogP contribution < -0.4 is 5.73 Å². The minimum atomic E-state index is 0.148. The minimum Gasteiger partial charge on any atom is -0.330 e. The van der Waals surface area contributed by atoms with Gasteiger partial charge in [0.15, 0.2) is 0 Å². The van der Waals surface area contributed by atoms with Crippen LogP contribution >= 0.6 is 0 Å². The number of aryl methyl sites for hydroxylation is 1. The van der Waals surface area contributed by atoms with Crippen molar-refractivity contribution in [2.45, 2.75) is 39.5 Å². The molecule has 0 aliphatic heterocycles. The normalized spacial score (nSPS) is 14.3. The van der Waals surface area contributed by atoms with Gasteiger partial charge < -0.3 is 5.73 Å². The van der Waals surface area contributed by atoms with Crippen LogP contribution in [0.5, 0.6) is 0 Å². The zero-order valence-corrected chi connectivity index (χ0v) is 10.5. The lowest BCUT2D eigenvalue weighted by Crippen LogP contribution is -2.20. The molecule has 1 aromatic heterocycles. The third-order valence-corrected chi connectivity index (χ3v) is 2.70. The molecule has 0 saturated carbocycles. The van der Waals surface area contributed by atoms with Crippen LogP contribution in [0, 0.1) is 5.92 Å². The van der Waals surface area contributed by atoms with Gasteiger partial charge in [0.1, 0.15) is 0 Å². The number of hydrogen-bond donors (Lipinski definition) is 1. The molecule has 3 heteroatoms. The van der Waals surface area contributed by atoms with Gasteiger partial charge in [-0.25, -0.2) is 0 Å². The van der Waals surface area contributed by atoms with Crippen LogP contribution in [0.2, 0.25) is 0 Å². The lowest BCUT2D eigenvalue weighted by molar-refractivity contribution is 0.507. The Kier molecular flexibility index (Phi) is 3.55. The van der Waals surface area contributed by atoms with E-state index in [-0.39, 0.29) is 5.41 Å². The van der Waals surface area contributed by atoms with E-state index in [9.17, 15) is 0 Å². The Morgan fingerprint density at radius 2 is 2.07 bits per heavy atom. The third kappa shape index (κ3) is 2.81. The number of aromatic nitrogens is 2. The van der Waals surface area contributed by atoms with E-state index in [1.54, 1.807) is 0 Å². The second-order valence-corrected chi connectivity index (χ2v) is 5.44. The van der Waals surface area contributed by atoms with Crippen LogP contribution in [-0.4, -0.2) is 16.3 Å². The Bertz CT molecular complexity index is 320. The minimum absolute atomic E-state index is 0.148. The Morgan fingerprint density at radius 1 is 1.47 bits per heavy atom. The monoisotopic (exact) mass is 209 g/mol. The molecule has 3 nitrogen and oxygen atoms in total. The zero-order chi connectivity index (χ0) is 11.6. The summed E-state index contributed by atoms with van der Waals surface area (Å²) in [6.45, 7) is 9.58. The van der Waals surface area contributed by atoms with Crippen molar-refractivity contribution in [1.29, 1.82) is 0 Å². The van der Waals surface area contributed by atoms with Gasteiger partial charge in [0.2, 0.25) is 0 Å². The molecule has 2 N–H and O–H groups in total. The molecular weight excluding hydrogens is 186 g/mol. The molecule has 0 fully saturated rings. The third-order valence-electron chi connectivity index (χ3n) is 2.70. The van der Waals surface area contributed by atoms with E-state index in [0.717, 1.165) is 13.0 Å². The van der Waals surface area contributed by atoms with Gasteiger partial charge in [0, 0.05) is 18.2 Å². The van der Waals surface area contributed by atoms with Crippen molar-refractivity contribution in [1.82, 2.24) is 9.78 Å². The molecule has 0 aliphatic carbocycles. The molecule has 0 aliphatic rings. The van der Waals surface area contributed by atoms with Crippen molar-refractivity contribution in [2.24, 2.45) is 18.7 Å². The van der Waals surface area contributed by atoms with E-state index in [0.29, 0.717) is 5.92 Å². The quantitative estimate of drug-likeness (QED) is 0.825. The number of hydrogen-bond acceptors (Lipinski definition) is 2. The van der Waals surface area contributed by atoms with Gasteiger partial charge in [-0.1, -0.05) is 27.7 Å². The maximum Gasteiger partial charge on any atom is 0.0524 e. The highest BCUT2D eigenvalue weighted by atomic mass is 15.3. The molecule has 1 atom stereocenters. The fraction of sp³-hybridized carbons (Fsp3) is 0.750. The maximum absolute atomic E-state index is 5.66. The largest absolute Gasteiger partial charge is 0.330 e. The summed E-state index contributed by atoms with van der Waals surface area (Å²) in [5, 5.41) is 4.35. The summed E-state index contributed by atoms with van der Waals surface area (Å²) >= 11 is 0. The second kappa shape index (κ2) is 4.35. The van der Waals surface area contributed by atoms with Crippen molar-refractivity contribution >= 4 is 0 Å². The van der Waals surface area contributed by atoms with E-state index in [1.165, 1.54) is 11.3 Å². The van der Waals surface area contributed by atoms with Crippen molar-refractivity contribution in [3.05, 3.63) is 17.5 Å². The van der Waals surface area contributed by atoms with Gasteiger partial charge >= 0.3 is 0 Å². The lowest BCUT2D eigenvalue weighted by Gasteiger charge is -2.22. The average Bonchev–Trinajstić information content (AvgIpc) is 2.46. The van der Waals surface area contributed by atoms with Crippen molar-refractivity contribution in [3.8, 4) is 0 Å². The number of rotatable bonds is 3. The summed E-state index contributed by atoms with van der Waals surface area (Å²) in [4.78, 5) is 0. The summed E-state index contributed by atoms with van der Waals surface area (Å²) in [6, 6.07) is 0. The molecule has 15 heavy (non-hydrogen) atoms. The molecule has 1 aromatic rings. The summed E-state index contributed by atoms with van der Waals surface area (Å²) in [5.41, 5.74) is 8.46. The standard InChI is InChI=1S/C12H23N3/c1-9(7-13)6-10-8-14-15(5)11(10)12(2,3)4/h8-9H,6-7,13H2,1-5H3. The molecule has 0 aromatic carbocycles. The molecule has 1 rings (SSSR count). The SMILES string of the molecule is CC(CN)Cc1cnn(C)c1C(C)(C)C. The highest BCUT2D eigenvalue weighted by Gasteiger charge is 2.22. The molecule has 0 saturated heterocycles. The predicted octanol–water partition coefficient (Wildman–Crippen LogP) is 1.85. The zero-order valence-electron chi connectivity index (χ0n) is 10.5. The summed E-state index contributed by atoms with van der Waals surface area (Å²) in [5.74, 6) is 0.523. The van der Waals surface area contributed by atoms with Crippen LogP contribution in [-0.2, 0) is 18.9 Å². The van der Waals surface area contributed by atoms with Crippen LogP contribution in [0.1, 0.15) is 39.0 Å². The summed E-state index contributed by atoms with van der Waals surface area (Å²) < 4.78 is 1.98. The molecule has 0 radical (unpaired) electrons. The Labute approximate surface area is 92.7 Å². The van der Waals surface area contributed by atoms with Gasteiger partial charge in [-0.2, -0.15) is 5.10 Å². The van der Waals surface area contributed by atoms with Crippen molar-refractivity contribution < 1.29 is 0 Å². The summed E-state index contributed by atoms with van der Waals surface area (Å²) in [6.07, 6.45) is 3.00. The van der Waals surface area contributed by atoms with E-state index < -0.39 is 0 Å². The smallest absolute Gasteiger partial charge is 0.0524 e. The highest BCUT2D eigenvalue weighted by Crippen LogP contribution is 2.26. The maximum atomic E-state index is 5.66. The molecular formula is C12H23N3. The van der Waals surface area contributed by atoms with Gasteiger partial charge in [-0.05, 0) is 24.4 Å². The van der Waals surface area contributed by atoms with Gasteiger partial charge in [0.05, 0.1) is 6.20 Å². The van der Waals surface area contributed by atoms with E-state index in [1.807, 2.05) is 17.9 Å². The van der Waals surface area contributed by atoms with Crippen molar-refractivity contribution in [3.63, 3.8) is 0 Å². The number of nitrogens with zero attached hydrogens (tertiary/aromatic N) is 2. The first kappa shape index (κ1) is 12.2. The van der Waals surface area contributed by atoms with Crippen LogP contribution in [0.25, 0.3) is 0 Å². The van der Waals surface area contributed by atoms with Crippen LogP contribution in [0.3, 0.4) is 0 Å². The van der Waals surface area contributed by atoms with E-state index in [4.69, 9.17) is 5.73 Å². The fourth-order valence-corrected chi connectivity index (χ4v) is 2.06. The topological polar surface area (TPSA) is 43.8 Å². The Morgan fingerprint density at radius 3 is 2.53 bits per heavy atom. The first-order valence-corrected chi connectivity index (χ1v) is 5.57. The Hall–Kier alpha value is -0.830. The van der Waals surface area contributed by atoms with Crippen molar-refractivity contribution in [2.75, 3.05) is 6.54 Å². The molecule has 1 unspecified atom stereocenters. The van der Waals surface area contributed by atoms with Gasteiger partial charge in [-0.3, -0.25) is 4.68 Å². The lowest BCUT2D eigenvalue weighted by atomic mass is 9.87. The fourth-order valence-electron chi connectivity index (χ4n) is 2.06. The second-order valence-electron chi connectivity index (χ2n) is 5.44. The molecule has 0 spiro atoms. The predicted molar refractivity (Wildman–Crippen MR) is 63.8 cm³/mol. The average molecular weight is 209 g/mol. The van der Waals surface area contributed by atoms with E-state index in [2.05, 4.69) is 32.8 Å². The molecule has 0 bridgehead atoms.